The van der Waals surface area contributed by atoms with Crippen LogP contribution in [0.15, 0.2) is 17.5 Å². The first-order valence-electron chi connectivity index (χ1n) is 5.20. The van der Waals surface area contributed by atoms with Crippen LogP contribution in [0.1, 0.15) is 28.9 Å². The van der Waals surface area contributed by atoms with Crippen molar-refractivity contribution in [3.05, 3.63) is 22.4 Å². The van der Waals surface area contributed by atoms with E-state index in [9.17, 15) is 18.0 Å². The van der Waals surface area contributed by atoms with Gasteiger partial charge < -0.3 is 4.74 Å². The number of Topliss-reactive ketones (excluding diaryl/α,β-unsaturated/α-hetero) is 1. The maximum atomic E-state index is 11.7. The van der Waals surface area contributed by atoms with Gasteiger partial charge in [0.2, 0.25) is 0 Å². The van der Waals surface area contributed by atoms with Gasteiger partial charge in [-0.1, -0.05) is 6.07 Å². The number of alkyl halides is 3. The molecule has 96 valence electrons. The average molecular weight is 266 g/mol. The lowest BCUT2D eigenvalue weighted by atomic mass is 10.2. The Balaban J connectivity index is 2.03. The molecule has 1 rings (SSSR count). The van der Waals surface area contributed by atoms with Crippen LogP contribution in [0.2, 0.25) is 0 Å². The van der Waals surface area contributed by atoms with Gasteiger partial charge in [0.25, 0.3) is 0 Å². The number of hydrogen-bond donors (Lipinski definition) is 0. The largest absolute Gasteiger partial charge is 0.391 e. The number of thiophene rings is 1. The van der Waals surface area contributed by atoms with Crippen LogP contribution in [0.4, 0.5) is 13.2 Å². The monoisotopic (exact) mass is 266 g/mol. The molecule has 0 spiro atoms. The van der Waals surface area contributed by atoms with Crippen molar-refractivity contribution in [2.75, 3.05) is 13.2 Å². The fourth-order valence-electron chi connectivity index (χ4n) is 1.19. The van der Waals surface area contributed by atoms with Gasteiger partial charge in [-0.25, -0.2) is 0 Å². The minimum Gasteiger partial charge on any atom is -0.381 e. The molecule has 0 aromatic carbocycles. The predicted molar refractivity (Wildman–Crippen MR) is 59.4 cm³/mol. The molecule has 17 heavy (non-hydrogen) atoms. The lowest BCUT2D eigenvalue weighted by Gasteiger charge is -2.06. The van der Waals surface area contributed by atoms with Crippen LogP contribution < -0.4 is 0 Å². The maximum absolute atomic E-state index is 11.7. The number of rotatable bonds is 7. The van der Waals surface area contributed by atoms with E-state index in [1.54, 1.807) is 12.1 Å². The molecule has 1 aromatic heterocycles. The topological polar surface area (TPSA) is 26.3 Å². The fourth-order valence-corrected chi connectivity index (χ4v) is 1.88. The fraction of sp³-hybridized carbons (Fsp3) is 0.545. The van der Waals surface area contributed by atoms with Crippen molar-refractivity contribution < 1.29 is 22.7 Å². The van der Waals surface area contributed by atoms with E-state index in [-0.39, 0.29) is 19.0 Å². The van der Waals surface area contributed by atoms with Gasteiger partial charge in [0.15, 0.2) is 5.78 Å². The molecule has 0 bridgehead atoms. The van der Waals surface area contributed by atoms with E-state index < -0.39 is 12.6 Å². The van der Waals surface area contributed by atoms with Gasteiger partial charge in [-0.05, 0) is 17.9 Å². The van der Waals surface area contributed by atoms with Crippen LogP contribution in [0.25, 0.3) is 0 Å². The second-order valence-electron chi connectivity index (χ2n) is 3.48. The van der Waals surface area contributed by atoms with Crippen molar-refractivity contribution >= 4 is 17.1 Å². The van der Waals surface area contributed by atoms with Gasteiger partial charge in [0.1, 0.15) is 0 Å². The van der Waals surface area contributed by atoms with Crippen LogP contribution in [-0.2, 0) is 4.74 Å². The van der Waals surface area contributed by atoms with Crippen molar-refractivity contribution in [3.8, 4) is 0 Å². The SMILES string of the molecule is O=C(CCCOCCC(F)(F)F)c1cccs1. The Kier molecular flexibility index (Phi) is 5.64. The van der Waals surface area contributed by atoms with Crippen LogP contribution in [0.3, 0.4) is 0 Å². The number of hydrogen-bond acceptors (Lipinski definition) is 3. The van der Waals surface area contributed by atoms with Gasteiger partial charge in [-0.15, -0.1) is 11.3 Å². The molecule has 0 unspecified atom stereocenters. The Labute approximate surface area is 101 Å². The summed E-state index contributed by atoms with van der Waals surface area (Å²) in [5.74, 6) is 0.0134. The Bertz CT molecular complexity index is 333. The average Bonchev–Trinajstić information content (AvgIpc) is 2.74. The highest BCUT2D eigenvalue weighted by molar-refractivity contribution is 7.12. The van der Waals surface area contributed by atoms with E-state index in [2.05, 4.69) is 0 Å². The Morgan fingerprint density at radius 3 is 2.71 bits per heavy atom. The molecule has 0 aliphatic rings. The zero-order valence-electron chi connectivity index (χ0n) is 9.13. The second-order valence-corrected chi connectivity index (χ2v) is 4.43. The highest BCUT2D eigenvalue weighted by atomic mass is 32.1. The van der Waals surface area contributed by atoms with Crippen LogP contribution >= 0.6 is 11.3 Å². The number of carbonyl (C=O) groups is 1. The molecule has 0 aliphatic carbocycles. The summed E-state index contributed by atoms with van der Waals surface area (Å²) in [6, 6.07) is 3.52. The number of halogens is 3. The van der Waals surface area contributed by atoms with E-state index in [1.165, 1.54) is 11.3 Å². The Morgan fingerprint density at radius 2 is 2.12 bits per heavy atom. The normalized spacial score (nSPS) is 11.7. The summed E-state index contributed by atoms with van der Waals surface area (Å²) in [6.45, 7) is -0.149. The summed E-state index contributed by atoms with van der Waals surface area (Å²) in [5.41, 5.74) is 0. The minimum atomic E-state index is -4.17. The number of carbonyl (C=O) groups excluding carboxylic acids is 1. The predicted octanol–water partition coefficient (Wildman–Crippen LogP) is 3.68. The van der Waals surface area contributed by atoms with Crippen molar-refractivity contribution in [1.82, 2.24) is 0 Å². The van der Waals surface area contributed by atoms with E-state index >= 15 is 0 Å². The Hall–Kier alpha value is -0.880. The zero-order chi connectivity index (χ0) is 12.7. The minimum absolute atomic E-state index is 0.0134. The molecule has 0 fully saturated rings. The molecular weight excluding hydrogens is 253 g/mol. The first kappa shape index (κ1) is 14.2. The molecule has 6 heteroatoms. The molecule has 1 heterocycles. The van der Waals surface area contributed by atoms with E-state index in [1.807, 2.05) is 5.38 Å². The van der Waals surface area contributed by atoms with Crippen molar-refractivity contribution in [1.29, 1.82) is 0 Å². The third-order valence-electron chi connectivity index (χ3n) is 2.02. The number of ketones is 1. The van der Waals surface area contributed by atoms with Crippen LogP contribution in [0, 0.1) is 0 Å². The highest BCUT2D eigenvalue weighted by Crippen LogP contribution is 2.19. The van der Waals surface area contributed by atoms with Gasteiger partial charge in [0, 0.05) is 13.0 Å². The van der Waals surface area contributed by atoms with E-state index in [0.717, 1.165) is 0 Å². The standard InChI is InChI=1S/C11H13F3O2S/c12-11(13,14)5-7-16-6-1-3-9(15)10-4-2-8-17-10/h2,4,8H,1,3,5-7H2. The molecular formula is C11H13F3O2S. The summed E-state index contributed by atoms with van der Waals surface area (Å²) in [6.07, 6.45) is -4.35. The zero-order valence-corrected chi connectivity index (χ0v) is 9.94. The van der Waals surface area contributed by atoms with E-state index in [4.69, 9.17) is 4.74 Å². The third-order valence-corrected chi connectivity index (χ3v) is 2.93. The van der Waals surface area contributed by atoms with Gasteiger partial charge in [0.05, 0.1) is 17.9 Å². The first-order valence-corrected chi connectivity index (χ1v) is 6.08. The van der Waals surface area contributed by atoms with E-state index in [0.29, 0.717) is 17.7 Å². The summed E-state index contributed by atoms with van der Waals surface area (Å²) < 4.78 is 40.0. The smallest absolute Gasteiger partial charge is 0.381 e. The molecule has 0 radical (unpaired) electrons. The summed E-state index contributed by atoms with van der Waals surface area (Å²) in [4.78, 5) is 12.2. The maximum Gasteiger partial charge on any atom is 0.391 e. The van der Waals surface area contributed by atoms with Gasteiger partial charge in [-0.2, -0.15) is 13.2 Å². The molecule has 0 saturated heterocycles. The molecule has 0 aliphatic heterocycles. The molecule has 0 atom stereocenters. The van der Waals surface area contributed by atoms with Crippen molar-refractivity contribution in [3.63, 3.8) is 0 Å². The quantitative estimate of drug-likeness (QED) is 0.556. The summed E-state index contributed by atoms with van der Waals surface area (Å²) >= 11 is 1.36. The first-order chi connectivity index (χ1) is 7.99. The summed E-state index contributed by atoms with van der Waals surface area (Å²) in [5, 5.41) is 1.81. The second kappa shape index (κ2) is 6.76. The third kappa shape index (κ3) is 6.43. The van der Waals surface area contributed by atoms with Crippen molar-refractivity contribution in [2.45, 2.75) is 25.4 Å². The molecule has 1 aromatic rings. The van der Waals surface area contributed by atoms with Gasteiger partial charge >= 0.3 is 6.18 Å². The molecule has 0 N–H and O–H groups in total. The van der Waals surface area contributed by atoms with Crippen molar-refractivity contribution in [2.24, 2.45) is 0 Å². The van der Waals surface area contributed by atoms with Crippen LogP contribution in [-0.4, -0.2) is 25.2 Å². The molecule has 2 nitrogen and oxygen atoms in total. The number of ether oxygens (including phenoxy) is 1. The molecule has 0 saturated carbocycles. The lowest BCUT2D eigenvalue weighted by Crippen LogP contribution is -2.12. The Morgan fingerprint density at radius 1 is 1.35 bits per heavy atom. The van der Waals surface area contributed by atoms with Crippen LogP contribution in [0.5, 0.6) is 0 Å². The highest BCUT2D eigenvalue weighted by Gasteiger charge is 2.26. The molecule has 0 amide bonds. The van der Waals surface area contributed by atoms with Gasteiger partial charge in [-0.3, -0.25) is 4.79 Å². The summed E-state index contributed by atoms with van der Waals surface area (Å²) in [7, 11) is 0. The lowest BCUT2D eigenvalue weighted by molar-refractivity contribution is -0.145.